The summed E-state index contributed by atoms with van der Waals surface area (Å²) in [7, 11) is 0. The van der Waals surface area contributed by atoms with E-state index in [4.69, 9.17) is 9.15 Å². The number of oxazole rings is 1. The minimum atomic E-state index is 0.405. The van der Waals surface area contributed by atoms with E-state index in [1.54, 1.807) is 18.7 Å². The molecule has 1 fully saturated rings. The predicted molar refractivity (Wildman–Crippen MR) is 76.6 cm³/mol. The first kappa shape index (κ1) is 14.2. The van der Waals surface area contributed by atoms with E-state index in [0.29, 0.717) is 11.8 Å². The van der Waals surface area contributed by atoms with E-state index in [2.05, 4.69) is 19.9 Å². The van der Waals surface area contributed by atoms with Crippen LogP contribution in [-0.2, 0) is 17.7 Å². The molecule has 0 spiro atoms. The van der Waals surface area contributed by atoms with Gasteiger partial charge in [-0.25, -0.2) is 15.0 Å². The van der Waals surface area contributed by atoms with E-state index in [0.717, 1.165) is 50.8 Å². The van der Waals surface area contributed by atoms with E-state index in [9.17, 15) is 0 Å². The van der Waals surface area contributed by atoms with Gasteiger partial charge in [-0.05, 0) is 6.07 Å². The molecule has 0 amide bonds. The summed E-state index contributed by atoms with van der Waals surface area (Å²) in [5.41, 5.74) is 0.976. The van der Waals surface area contributed by atoms with Crippen molar-refractivity contribution in [1.29, 1.82) is 0 Å². The summed E-state index contributed by atoms with van der Waals surface area (Å²) in [5.74, 6) is 2.00. The number of hydrogen-bond acceptors (Lipinski definition) is 6. The van der Waals surface area contributed by atoms with Gasteiger partial charge < -0.3 is 9.15 Å². The lowest BCUT2D eigenvalue weighted by Gasteiger charge is -2.21. The van der Waals surface area contributed by atoms with Gasteiger partial charge in [0.05, 0.1) is 18.9 Å². The van der Waals surface area contributed by atoms with Crippen LogP contribution in [0.4, 0.5) is 0 Å². The molecule has 1 saturated heterocycles. The maximum absolute atomic E-state index is 5.71. The zero-order chi connectivity index (χ0) is 14.5. The molecule has 0 saturated carbocycles. The van der Waals surface area contributed by atoms with Crippen LogP contribution in [-0.4, -0.2) is 46.2 Å². The minimum Gasteiger partial charge on any atom is -0.449 e. The highest BCUT2D eigenvalue weighted by molar-refractivity contribution is 4.96. The molecular weight excluding hydrogens is 268 g/mol. The third kappa shape index (κ3) is 4.09. The molecule has 112 valence electrons. The van der Waals surface area contributed by atoms with Crippen LogP contribution in [0.25, 0.3) is 0 Å². The second-order valence-corrected chi connectivity index (χ2v) is 5.40. The summed E-state index contributed by atoms with van der Waals surface area (Å²) in [6.45, 7) is 6.05. The Kier molecular flexibility index (Phi) is 4.57. The fraction of sp³-hybridized carbons (Fsp3) is 0.533. The Balaban J connectivity index is 1.60. The average molecular weight is 288 g/mol. The Morgan fingerprint density at radius 2 is 2.19 bits per heavy atom. The largest absolute Gasteiger partial charge is 0.449 e. The molecule has 0 aliphatic carbocycles. The summed E-state index contributed by atoms with van der Waals surface area (Å²) in [6.07, 6.45) is 6.15. The second-order valence-electron chi connectivity index (χ2n) is 5.40. The molecule has 6 nitrogen and oxygen atoms in total. The van der Waals surface area contributed by atoms with Crippen molar-refractivity contribution < 1.29 is 9.15 Å². The lowest BCUT2D eigenvalue weighted by atomic mass is 10.1. The fourth-order valence-electron chi connectivity index (χ4n) is 2.62. The smallest absolute Gasteiger partial charge is 0.191 e. The van der Waals surface area contributed by atoms with Crippen LogP contribution in [0.3, 0.4) is 0 Å². The molecule has 0 radical (unpaired) electrons. The topological polar surface area (TPSA) is 64.3 Å². The highest BCUT2D eigenvalue weighted by Crippen LogP contribution is 2.14. The van der Waals surface area contributed by atoms with Gasteiger partial charge >= 0.3 is 0 Å². The van der Waals surface area contributed by atoms with Crippen LogP contribution in [0, 0.1) is 12.8 Å². The number of aryl methyl sites for hydroxylation is 1. The molecule has 0 aromatic carbocycles. The van der Waals surface area contributed by atoms with Crippen molar-refractivity contribution in [3.8, 4) is 0 Å². The van der Waals surface area contributed by atoms with Crippen LogP contribution in [0.15, 0.2) is 29.1 Å². The highest BCUT2D eigenvalue weighted by Gasteiger charge is 2.20. The SMILES string of the molecule is Cc1nc(CN2CCOCC(Cc3ncccn3)C2)co1. The third-order valence-electron chi connectivity index (χ3n) is 3.56. The normalized spacial score (nSPS) is 20.3. The molecule has 21 heavy (non-hydrogen) atoms. The molecule has 3 heterocycles. The molecular formula is C15H20N4O2. The lowest BCUT2D eigenvalue weighted by Crippen LogP contribution is -2.30. The zero-order valence-corrected chi connectivity index (χ0v) is 12.2. The predicted octanol–water partition coefficient (Wildman–Crippen LogP) is 1.46. The quantitative estimate of drug-likeness (QED) is 0.849. The van der Waals surface area contributed by atoms with Crippen molar-refractivity contribution in [2.24, 2.45) is 5.92 Å². The molecule has 3 rings (SSSR count). The molecule has 0 N–H and O–H groups in total. The number of aromatic nitrogens is 3. The molecule has 2 aromatic heterocycles. The van der Waals surface area contributed by atoms with E-state index >= 15 is 0 Å². The van der Waals surface area contributed by atoms with Gasteiger partial charge in [-0.3, -0.25) is 4.90 Å². The van der Waals surface area contributed by atoms with Crippen molar-refractivity contribution in [3.63, 3.8) is 0 Å². The summed E-state index contributed by atoms with van der Waals surface area (Å²) in [6, 6.07) is 1.84. The molecule has 1 aliphatic rings. The van der Waals surface area contributed by atoms with E-state index in [-0.39, 0.29) is 0 Å². The molecule has 1 atom stereocenters. The van der Waals surface area contributed by atoms with Crippen molar-refractivity contribution in [2.75, 3.05) is 26.3 Å². The van der Waals surface area contributed by atoms with E-state index < -0.39 is 0 Å². The number of rotatable bonds is 4. The van der Waals surface area contributed by atoms with Gasteiger partial charge in [0.25, 0.3) is 0 Å². The number of nitrogens with zero attached hydrogens (tertiary/aromatic N) is 4. The van der Waals surface area contributed by atoms with Gasteiger partial charge in [0, 0.05) is 51.3 Å². The van der Waals surface area contributed by atoms with Gasteiger partial charge in [-0.15, -0.1) is 0 Å². The highest BCUT2D eigenvalue weighted by atomic mass is 16.5. The monoisotopic (exact) mass is 288 g/mol. The maximum Gasteiger partial charge on any atom is 0.191 e. The van der Waals surface area contributed by atoms with Gasteiger partial charge in [0.1, 0.15) is 12.1 Å². The first-order valence-corrected chi connectivity index (χ1v) is 7.26. The van der Waals surface area contributed by atoms with Gasteiger partial charge in [-0.1, -0.05) is 0 Å². The summed E-state index contributed by atoms with van der Waals surface area (Å²) >= 11 is 0. The lowest BCUT2D eigenvalue weighted by molar-refractivity contribution is 0.121. The summed E-state index contributed by atoms with van der Waals surface area (Å²) < 4.78 is 11.0. The van der Waals surface area contributed by atoms with Gasteiger partial charge in [-0.2, -0.15) is 0 Å². The Morgan fingerprint density at radius 3 is 2.95 bits per heavy atom. The number of hydrogen-bond donors (Lipinski definition) is 0. The van der Waals surface area contributed by atoms with Crippen LogP contribution in [0.2, 0.25) is 0 Å². The molecule has 1 unspecified atom stereocenters. The van der Waals surface area contributed by atoms with Gasteiger partial charge in [0.2, 0.25) is 0 Å². The second kappa shape index (κ2) is 6.78. The van der Waals surface area contributed by atoms with Crippen LogP contribution in [0.5, 0.6) is 0 Å². The molecule has 1 aliphatic heterocycles. The van der Waals surface area contributed by atoms with Crippen molar-refractivity contribution >= 4 is 0 Å². The van der Waals surface area contributed by atoms with Gasteiger partial charge in [0.15, 0.2) is 5.89 Å². The molecule has 2 aromatic rings. The van der Waals surface area contributed by atoms with E-state index in [1.165, 1.54) is 0 Å². The Bertz CT molecular complexity index is 558. The first-order chi connectivity index (χ1) is 10.3. The Labute approximate surface area is 124 Å². The molecule has 0 bridgehead atoms. The Morgan fingerprint density at radius 1 is 1.33 bits per heavy atom. The summed E-state index contributed by atoms with van der Waals surface area (Å²) in [4.78, 5) is 15.3. The standard InChI is InChI=1S/C15H20N4O2/c1-12-18-14(11-21-12)9-19-5-6-20-10-13(8-19)7-15-16-3-2-4-17-15/h2-4,11,13H,5-10H2,1H3. The first-order valence-electron chi connectivity index (χ1n) is 7.26. The minimum absolute atomic E-state index is 0.405. The van der Waals surface area contributed by atoms with Crippen molar-refractivity contribution in [3.05, 3.63) is 42.1 Å². The number of ether oxygens (including phenoxy) is 1. The van der Waals surface area contributed by atoms with Crippen LogP contribution >= 0.6 is 0 Å². The summed E-state index contributed by atoms with van der Waals surface area (Å²) in [5, 5.41) is 0. The third-order valence-corrected chi connectivity index (χ3v) is 3.56. The van der Waals surface area contributed by atoms with Crippen LogP contribution < -0.4 is 0 Å². The fourth-order valence-corrected chi connectivity index (χ4v) is 2.62. The zero-order valence-electron chi connectivity index (χ0n) is 12.2. The van der Waals surface area contributed by atoms with Crippen LogP contribution in [0.1, 0.15) is 17.4 Å². The Hall–Kier alpha value is -1.79. The average Bonchev–Trinajstić information content (AvgIpc) is 2.76. The van der Waals surface area contributed by atoms with Crippen molar-refractivity contribution in [1.82, 2.24) is 19.9 Å². The van der Waals surface area contributed by atoms with E-state index in [1.807, 2.05) is 13.0 Å². The molecule has 6 heteroatoms. The van der Waals surface area contributed by atoms with Crippen molar-refractivity contribution in [2.45, 2.75) is 19.9 Å². The maximum atomic E-state index is 5.71.